The number of halogens is 2. The quantitative estimate of drug-likeness (QED) is 0.550. The summed E-state index contributed by atoms with van der Waals surface area (Å²) < 4.78 is 8.04. The van der Waals surface area contributed by atoms with E-state index in [0.717, 1.165) is 37.0 Å². The summed E-state index contributed by atoms with van der Waals surface area (Å²) in [4.78, 5) is 0. The minimum absolute atomic E-state index is 0.749. The Balaban J connectivity index is 2.23. The number of hydrogen-bond donors (Lipinski definition) is 1. The second-order valence-corrected chi connectivity index (χ2v) is 6.08. The molecule has 0 aliphatic carbocycles. The van der Waals surface area contributed by atoms with Gasteiger partial charge in [-0.25, -0.2) is 0 Å². The summed E-state index contributed by atoms with van der Waals surface area (Å²) in [5.41, 5.74) is 1.79. The van der Waals surface area contributed by atoms with Gasteiger partial charge in [-0.3, -0.25) is 5.10 Å². The van der Waals surface area contributed by atoms with E-state index in [-0.39, 0.29) is 0 Å². The number of rotatable bonds is 5. The van der Waals surface area contributed by atoms with Gasteiger partial charge in [0.05, 0.1) is 10.2 Å². The molecule has 0 aliphatic heterocycles. The molecule has 1 aromatic heterocycles. The molecule has 0 unspecified atom stereocenters. The third kappa shape index (κ3) is 3.01. The van der Waals surface area contributed by atoms with Crippen LogP contribution in [0, 0.1) is 7.14 Å². The maximum absolute atomic E-state index is 5.84. The maximum atomic E-state index is 5.84. The van der Waals surface area contributed by atoms with Gasteiger partial charge in [0.25, 0.3) is 0 Å². The molecule has 0 spiro atoms. The van der Waals surface area contributed by atoms with Gasteiger partial charge in [-0.15, -0.1) is 5.10 Å². The molecule has 1 aromatic carbocycles. The molecule has 0 radical (unpaired) electrons. The third-order valence-electron chi connectivity index (χ3n) is 2.47. The van der Waals surface area contributed by atoms with Gasteiger partial charge >= 0.3 is 0 Å². The van der Waals surface area contributed by atoms with Crippen molar-refractivity contribution in [3.05, 3.63) is 13.2 Å². The Labute approximate surface area is 127 Å². The highest BCUT2D eigenvalue weighted by atomic mass is 127. The number of ether oxygens (including phenoxy) is 1. The molecular formula is C11H13I2N3O. The molecule has 0 saturated heterocycles. The van der Waals surface area contributed by atoms with Gasteiger partial charge < -0.3 is 4.74 Å². The van der Waals surface area contributed by atoms with Crippen LogP contribution in [0.3, 0.4) is 0 Å². The fourth-order valence-electron chi connectivity index (χ4n) is 1.59. The molecule has 0 amide bonds. The molecule has 0 fully saturated rings. The van der Waals surface area contributed by atoms with Crippen molar-refractivity contribution in [1.82, 2.24) is 15.4 Å². The Morgan fingerprint density at radius 1 is 1.29 bits per heavy atom. The van der Waals surface area contributed by atoms with Gasteiger partial charge in [-0.05, 0) is 57.7 Å². The van der Waals surface area contributed by atoms with Crippen molar-refractivity contribution < 1.29 is 4.74 Å². The van der Waals surface area contributed by atoms with Crippen LogP contribution in [0.5, 0.6) is 5.75 Å². The van der Waals surface area contributed by atoms with Crippen molar-refractivity contribution in [3.63, 3.8) is 0 Å². The average molecular weight is 457 g/mol. The highest BCUT2D eigenvalue weighted by molar-refractivity contribution is 14.1. The lowest BCUT2D eigenvalue weighted by molar-refractivity contribution is 0.307. The molecular weight excluding hydrogens is 444 g/mol. The minimum atomic E-state index is 0.749. The van der Waals surface area contributed by atoms with Crippen LogP contribution in [0.4, 0.5) is 0 Å². The normalized spacial score (nSPS) is 11.0. The minimum Gasteiger partial charge on any atom is -0.490 e. The highest BCUT2D eigenvalue weighted by Crippen LogP contribution is 2.31. The molecule has 4 nitrogen and oxygen atoms in total. The molecule has 92 valence electrons. The first kappa shape index (κ1) is 13.3. The van der Waals surface area contributed by atoms with Crippen molar-refractivity contribution in [2.75, 3.05) is 6.61 Å². The van der Waals surface area contributed by atoms with Gasteiger partial charge in [0, 0.05) is 3.57 Å². The first-order chi connectivity index (χ1) is 8.24. The largest absolute Gasteiger partial charge is 0.490 e. The highest BCUT2D eigenvalue weighted by Gasteiger charge is 2.13. The lowest BCUT2D eigenvalue weighted by atomic mass is 10.2. The molecule has 2 aromatic rings. The molecule has 6 heteroatoms. The summed E-state index contributed by atoms with van der Waals surface area (Å²) in [6.45, 7) is 2.93. The molecule has 0 saturated carbocycles. The number of aromatic nitrogens is 3. The zero-order valence-corrected chi connectivity index (χ0v) is 13.8. The van der Waals surface area contributed by atoms with Gasteiger partial charge in [0.2, 0.25) is 0 Å². The van der Waals surface area contributed by atoms with Crippen LogP contribution >= 0.6 is 45.2 Å². The van der Waals surface area contributed by atoms with E-state index in [1.807, 2.05) is 0 Å². The summed E-state index contributed by atoms with van der Waals surface area (Å²) in [7, 11) is 0. The molecule has 0 bridgehead atoms. The van der Waals surface area contributed by atoms with Crippen LogP contribution in [-0.2, 0) is 0 Å². The molecule has 0 atom stereocenters. The topological polar surface area (TPSA) is 50.8 Å². The number of nitrogens with zero attached hydrogens (tertiary/aromatic N) is 2. The van der Waals surface area contributed by atoms with Crippen molar-refractivity contribution in [2.24, 2.45) is 0 Å². The van der Waals surface area contributed by atoms with E-state index in [1.165, 1.54) is 12.8 Å². The Bertz CT molecular complexity index is 513. The lowest BCUT2D eigenvalue weighted by Gasteiger charge is -2.09. The van der Waals surface area contributed by atoms with Crippen LogP contribution in [0.2, 0.25) is 0 Å². The predicted octanol–water partition coefficient (Wildman–Crippen LogP) is 3.74. The number of benzene rings is 1. The van der Waals surface area contributed by atoms with Gasteiger partial charge in [-0.2, -0.15) is 0 Å². The van der Waals surface area contributed by atoms with E-state index in [4.69, 9.17) is 4.74 Å². The van der Waals surface area contributed by atoms with Gasteiger partial charge in [-0.1, -0.05) is 25.0 Å². The number of aromatic amines is 1. The number of nitrogens with one attached hydrogen (secondary N) is 1. The SMILES string of the molecule is CCCCCOc1c(I)cc(I)c2nn[nH]c12. The molecule has 0 aliphatic rings. The van der Waals surface area contributed by atoms with Crippen molar-refractivity contribution in [2.45, 2.75) is 26.2 Å². The van der Waals surface area contributed by atoms with Crippen LogP contribution in [0.15, 0.2) is 6.07 Å². The fourth-order valence-corrected chi connectivity index (χ4v) is 3.61. The Morgan fingerprint density at radius 3 is 2.88 bits per heavy atom. The van der Waals surface area contributed by atoms with Gasteiger partial charge in [0.15, 0.2) is 5.75 Å². The summed E-state index contributed by atoms with van der Waals surface area (Å²) in [5, 5.41) is 10.8. The van der Waals surface area contributed by atoms with Crippen molar-refractivity contribution >= 4 is 56.2 Å². The zero-order chi connectivity index (χ0) is 12.3. The average Bonchev–Trinajstić information content (AvgIpc) is 2.77. The molecule has 1 heterocycles. The molecule has 2 rings (SSSR count). The number of fused-ring (bicyclic) bond motifs is 1. The third-order valence-corrected chi connectivity index (χ3v) is 4.09. The summed E-state index contributed by atoms with van der Waals surface area (Å²) in [6.07, 6.45) is 3.49. The van der Waals surface area contributed by atoms with Crippen LogP contribution in [0.25, 0.3) is 11.0 Å². The summed E-state index contributed by atoms with van der Waals surface area (Å²) in [5.74, 6) is 0.877. The predicted molar refractivity (Wildman–Crippen MR) is 84.3 cm³/mol. The molecule has 1 N–H and O–H groups in total. The maximum Gasteiger partial charge on any atom is 0.159 e. The monoisotopic (exact) mass is 457 g/mol. The summed E-state index contributed by atoms with van der Waals surface area (Å²) >= 11 is 4.55. The number of hydrogen-bond acceptors (Lipinski definition) is 3. The van der Waals surface area contributed by atoms with E-state index in [2.05, 4.69) is 73.6 Å². The number of unbranched alkanes of at least 4 members (excludes halogenated alkanes) is 2. The second kappa shape index (κ2) is 6.17. The first-order valence-electron chi connectivity index (χ1n) is 5.55. The Hall–Kier alpha value is -0.120. The fraction of sp³-hybridized carbons (Fsp3) is 0.455. The van der Waals surface area contributed by atoms with E-state index < -0.39 is 0 Å². The molecule has 17 heavy (non-hydrogen) atoms. The van der Waals surface area contributed by atoms with E-state index in [0.29, 0.717) is 0 Å². The lowest BCUT2D eigenvalue weighted by Crippen LogP contribution is -2.00. The van der Waals surface area contributed by atoms with Crippen molar-refractivity contribution in [1.29, 1.82) is 0 Å². The summed E-state index contributed by atoms with van der Waals surface area (Å²) in [6, 6.07) is 2.07. The standard InChI is InChI=1S/C11H13I2N3O/c1-2-3-4-5-17-11-8(13)6-7(12)9-10(11)15-16-14-9/h6H,2-5H2,1H3,(H,14,15,16). The smallest absolute Gasteiger partial charge is 0.159 e. The van der Waals surface area contributed by atoms with Gasteiger partial charge in [0.1, 0.15) is 11.0 Å². The Morgan fingerprint density at radius 2 is 2.12 bits per heavy atom. The van der Waals surface area contributed by atoms with E-state index in [1.54, 1.807) is 0 Å². The van der Waals surface area contributed by atoms with E-state index >= 15 is 0 Å². The number of H-pyrrole nitrogens is 1. The van der Waals surface area contributed by atoms with Crippen LogP contribution in [0.1, 0.15) is 26.2 Å². The first-order valence-corrected chi connectivity index (χ1v) is 7.71. The second-order valence-electron chi connectivity index (χ2n) is 3.76. The zero-order valence-electron chi connectivity index (χ0n) is 9.46. The van der Waals surface area contributed by atoms with E-state index in [9.17, 15) is 0 Å². The Kier molecular flexibility index (Phi) is 4.83. The van der Waals surface area contributed by atoms with Crippen LogP contribution in [-0.4, -0.2) is 22.0 Å². The van der Waals surface area contributed by atoms with Crippen LogP contribution < -0.4 is 4.74 Å². The van der Waals surface area contributed by atoms with Crippen molar-refractivity contribution in [3.8, 4) is 5.75 Å².